The van der Waals surface area contributed by atoms with Gasteiger partial charge in [-0.2, -0.15) is 0 Å². The fraction of sp³-hybridized carbons (Fsp3) is 0.389. The third-order valence-electron chi connectivity index (χ3n) is 4.57. The second kappa shape index (κ2) is 6.93. The number of hydrogen-bond donors (Lipinski definition) is 2. The number of anilines is 1. The van der Waals surface area contributed by atoms with Crippen LogP contribution in [-0.4, -0.2) is 27.4 Å². The molecule has 0 atom stereocenters. The molecule has 1 aromatic carbocycles. The number of imidazole rings is 1. The summed E-state index contributed by atoms with van der Waals surface area (Å²) < 4.78 is 1.88. The zero-order chi connectivity index (χ0) is 18.3. The number of carbonyl (C=O) groups excluding carboxylic acids is 2. The largest absolute Gasteiger partial charge is 0.347 e. The van der Waals surface area contributed by atoms with E-state index in [-0.39, 0.29) is 17.9 Å². The summed E-state index contributed by atoms with van der Waals surface area (Å²) in [6.07, 6.45) is 4.67. The molecule has 8 heteroatoms. The molecule has 0 bridgehead atoms. The summed E-state index contributed by atoms with van der Waals surface area (Å²) in [4.78, 5) is 29.7. The van der Waals surface area contributed by atoms with Crippen molar-refractivity contribution in [3.63, 3.8) is 0 Å². The molecule has 2 N–H and O–H groups in total. The van der Waals surface area contributed by atoms with E-state index in [0.717, 1.165) is 37.8 Å². The van der Waals surface area contributed by atoms with Crippen molar-refractivity contribution >= 4 is 40.7 Å². The number of hydrogen-bond acceptors (Lipinski definition) is 3. The lowest BCUT2D eigenvalue weighted by atomic mass is 10.1. The lowest BCUT2D eigenvalue weighted by Gasteiger charge is -2.17. The van der Waals surface area contributed by atoms with Crippen LogP contribution in [0.3, 0.4) is 0 Å². The monoisotopic (exact) mass is 392 g/mol. The van der Waals surface area contributed by atoms with Crippen molar-refractivity contribution in [2.75, 3.05) is 5.32 Å². The topological polar surface area (TPSA) is 76.0 Å². The lowest BCUT2D eigenvalue weighted by Crippen LogP contribution is -2.29. The van der Waals surface area contributed by atoms with Gasteiger partial charge in [-0.05, 0) is 50.3 Å². The number of benzene rings is 1. The molecule has 26 heavy (non-hydrogen) atoms. The summed E-state index contributed by atoms with van der Waals surface area (Å²) in [7, 11) is 0. The number of aromatic nitrogens is 2. The van der Waals surface area contributed by atoms with E-state index in [1.54, 1.807) is 18.2 Å². The van der Waals surface area contributed by atoms with Gasteiger partial charge in [-0.25, -0.2) is 4.98 Å². The smallest absolute Gasteiger partial charge is 0.287 e. The van der Waals surface area contributed by atoms with Gasteiger partial charge in [0.2, 0.25) is 0 Å². The van der Waals surface area contributed by atoms with Crippen LogP contribution in [-0.2, 0) is 13.0 Å². The molecule has 1 aromatic heterocycles. The molecule has 0 radical (unpaired) electrons. The van der Waals surface area contributed by atoms with E-state index in [1.807, 2.05) is 4.57 Å². The van der Waals surface area contributed by atoms with Crippen LogP contribution in [0.2, 0.25) is 10.0 Å². The number of nitrogens with one attached hydrogen (secondary N) is 2. The highest BCUT2D eigenvalue weighted by Crippen LogP contribution is 2.26. The highest BCUT2D eigenvalue weighted by Gasteiger charge is 2.30. The first kappa shape index (κ1) is 17.4. The number of carbonyl (C=O) groups is 2. The fourth-order valence-electron chi connectivity index (χ4n) is 3.19. The van der Waals surface area contributed by atoms with Crippen LogP contribution in [0.25, 0.3) is 0 Å². The first-order valence-corrected chi connectivity index (χ1v) is 9.44. The number of halogens is 2. The summed E-state index contributed by atoms with van der Waals surface area (Å²) >= 11 is 12.0. The Labute approximate surface area is 160 Å². The fourth-order valence-corrected chi connectivity index (χ4v) is 3.72. The van der Waals surface area contributed by atoms with E-state index in [2.05, 4.69) is 15.6 Å². The van der Waals surface area contributed by atoms with Gasteiger partial charge in [-0.1, -0.05) is 23.2 Å². The SMILES string of the molecule is O=C(Nc1cc(Cl)cc(Cl)c1)c1nc(C(=O)NC2CC2)n2c1CCCC2. The second-order valence-corrected chi connectivity index (χ2v) is 7.57. The van der Waals surface area contributed by atoms with Crippen molar-refractivity contribution in [1.82, 2.24) is 14.9 Å². The van der Waals surface area contributed by atoms with Crippen molar-refractivity contribution in [1.29, 1.82) is 0 Å². The maximum absolute atomic E-state index is 12.8. The van der Waals surface area contributed by atoms with Crippen LogP contribution in [0.4, 0.5) is 5.69 Å². The average molecular weight is 393 g/mol. The number of nitrogens with zero attached hydrogens (tertiary/aromatic N) is 2. The molecule has 1 fully saturated rings. The van der Waals surface area contributed by atoms with Crippen molar-refractivity contribution in [2.45, 2.75) is 44.7 Å². The predicted octanol–water partition coefficient (Wildman–Crippen LogP) is 3.67. The maximum atomic E-state index is 12.8. The molecular formula is C18H18Cl2N4O2. The third kappa shape index (κ3) is 3.57. The van der Waals surface area contributed by atoms with E-state index in [4.69, 9.17) is 23.2 Å². The Morgan fingerprint density at radius 3 is 2.50 bits per heavy atom. The van der Waals surface area contributed by atoms with Crippen molar-refractivity contribution in [3.05, 3.63) is 45.5 Å². The van der Waals surface area contributed by atoms with Gasteiger partial charge >= 0.3 is 0 Å². The molecule has 6 nitrogen and oxygen atoms in total. The predicted molar refractivity (Wildman–Crippen MR) is 100 cm³/mol. The minimum atomic E-state index is -0.362. The zero-order valence-electron chi connectivity index (χ0n) is 14.0. The molecule has 2 heterocycles. The molecule has 2 amide bonds. The van der Waals surface area contributed by atoms with Crippen LogP contribution in [0.15, 0.2) is 18.2 Å². The van der Waals surface area contributed by atoms with Crippen molar-refractivity contribution in [2.24, 2.45) is 0 Å². The van der Waals surface area contributed by atoms with E-state index in [0.29, 0.717) is 33.8 Å². The minimum Gasteiger partial charge on any atom is -0.347 e. The van der Waals surface area contributed by atoms with Gasteiger partial charge in [0.05, 0.1) is 5.69 Å². The Morgan fingerprint density at radius 2 is 1.81 bits per heavy atom. The second-order valence-electron chi connectivity index (χ2n) is 6.70. The van der Waals surface area contributed by atoms with Gasteiger partial charge in [0.15, 0.2) is 11.5 Å². The zero-order valence-corrected chi connectivity index (χ0v) is 15.5. The molecule has 0 unspecified atom stereocenters. The Balaban J connectivity index is 1.63. The molecule has 1 saturated carbocycles. The molecule has 0 spiro atoms. The Hall–Kier alpha value is -2.05. The summed E-state index contributed by atoms with van der Waals surface area (Å²) in [5, 5.41) is 6.60. The van der Waals surface area contributed by atoms with Gasteiger partial charge in [0.1, 0.15) is 0 Å². The highest BCUT2D eigenvalue weighted by molar-refractivity contribution is 6.35. The van der Waals surface area contributed by atoms with Gasteiger partial charge in [0, 0.05) is 28.3 Å². The summed E-state index contributed by atoms with van der Waals surface area (Å²) in [6, 6.07) is 5.07. The van der Waals surface area contributed by atoms with Gasteiger partial charge < -0.3 is 15.2 Å². The normalized spacial score (nSPS) is 16.1. The first-order chi connectivity index (χ1) is 12.5. The van der Waals surface area contributed by atoms with Gasteiger partial charge in [-0.15, -0.1) is 0 Å². The standard InChI is InChI=1S/C18H18Cl2N4O2/c19-10-7-11(20)9-13(8-10)22-17(25)15-14-3-1-2-6-24(14)16(23-15)18(26)21-12-4-5-12/h7-9,12H,1-6H2,(H,21,26)(H,22,25). The van der Waals surface area contributed by atoms with Crippen LogP contribution in [0.1, 0.15) is 52.5 Å². The van der Waals surface area contributed by atoms with Crippen LogP contribution in [0, 0.1) is 0 Å². The van der Waals surface area contributed by atoms with E-state index in [1.165, 1.54) is 0 Å². The maximum Gasteiger partial charge on any atom is 0.287 e. The average Bonchev–Trinajstić information content (AvgIpc) is 3.31. The molecule has 1 aliphatic heterocycles. The number of amides is 2. The van der Waals surface area contributed by atoms with E-state index in [9.17, 15) is 9.59 Å². The molecule has 0 saturated heterocycles. The molecular weight excluding hydrogens is 375 g/mol. The molecule has 2 aliphatic rings. The Kier molecular flexibility index (Phi) is 4.63. The third-order valence-corrected chi connectivity index (χ3v) is 5.01. The highest BCUT2D eigenvalue weighted by atomic mass is 35.5. The number of fused-ring (bicyclic) bond motifs is 1. The molecule has 136 valence electrons. The quantitative estimate of drug-likeness (QED) is 0.832. The van der Waals surface area contributed by atoms with E-state index < -0.39 is 0 Å². The molecule has 2 aromatic rings. The first-order valence-electron chi connectivity index (χ1n) is 8.69. The summed E-state index contributed by atoms with van der Waals surface area (Å²) in [5.41, 5.74) is 1.60. The van der Waals surface area contributed by atoms with Crippen molar-refractivity contribution in [3.8, 4) is 0 Å². The van der Waals surface area contributed by atoms with E-state index >= 15 is 0 Å². The van der Waals surface area contributed by atoms with Crippen LogP contribution >= 0.6 is 23.2 Å². The number of rotatable bonds is 4. The molecule has 1 aliphatic carbocycles. The van der Waals surface area contributed by atoms with Gasteiger partial charge in [-0.3, -0.25) is 9.59 Å². The summed E-state index contributed by atoms with van der Waals surface area (Å²) in [6.45, 7) is 0.700. The van der Waals surface area contributed by atoms with Crippen LogP contribution < -0.4 is 10.6 Å². The van der Waals surface area contributed by atoms with Crippen molar-refractivity contribution < 1.29 is 9.59 Å². The lowest BCUT2D eigenvalue weighted by molar-refractivity contribution is 0.0935. The Bertz CT molecular complexity index is 869. The summed E-state index contributed by atoms with van der Waals surface area (Å²) in [5.74, 6) is -0.249. The van der Waals surface area contributed by atoms with Crippen LogP contribution in [0.5, 0.6) is 0 Å². The Morgan fingerprint density at radius 1 is 1.08 bits per heavy atom. The minimum absolute atomic E-state index is 0.208. The van der Waals surface area contributed by atoms with Gasteiger partial charge in [0.25, 0.3) is 11.8 Å². The molecule has 4 rings (SSSR count).